The third kappa shape index (κ3) is 4.31. The molecule has 1 aromatic rings. The van der Waals surface area contributed by atoms with Crippen LogP contribution in [-0.2, 0) is 16.1 Å². The number of hydrogen-bond donors (Lipinski definition) is 1. The highest BCUT2D eigenvalue weighted by Crippen LogP contribution is 2.14. The maximum Gasteiger partial charge on any atom is 0.325 e. The summed E-state index contributed by atoms with van der Waals surface area (Å²) in [6.07, 6.45) is 0.578. The number of hydrogen-bond acceptors (Lipinski definition) is 3. The zero-order chi connectivity index (χ0) is 17.0. The largest absolute Gasteiger partial charge is 0.340 e. The number of carbonyl (C=O) groups excluding carboxylic acids is 3. The smallest absolute Gasteiger partial charge is 0.325 e. The van der Waals surface area contributed by atoms with Crippen molar-refractivity contribution in [2.24, 2.45) is 5.92 Å². The van der Waals surface area contributed by atoms with Gasteiger partial charge in [0, 0.05) is 13.6 Å². The Bertz CT molecular complexity index is 586. The van der Waals surface area contributed by atoms with E-state index in [4.69, 9.17) is 0 Å². The van der Waals surface area contributed by atoms with Gasteiger partial charge in [0.2, 0.25) is 5.91 Å². The van der Waals surface area contributed by atoms with Crippen LogP contribution in [0.5, 0.6) is 0 Å². The Morgan fingerprint density at radius 2 is 1.91 bits per heavy atom. The third-order valence-electron chi connectivity index (χ3n) is 3.80. The van der Waals surface area contributed by atoms with Crippen LogP contribution in [0.15, 0.2) is 30.3 Å². The molecule has 0 bridgehead atoms. The summed E-state index contributed by atoms with van der Waals surface area (Å²) >= 11 is 0. The number of urea groups is 1. The van der Waals surface area contributed by atoms with Gasteiger partial charge in [0.25, 0.3) is 5.91 Å². The van der Waals surface area contributed by atoms with Crippen molar-refractivity contribution in [1.29, 1.82) is 0 Å². The molecular formula is C17H23N3O3. The van der Waals surface area contributed by atoms with Gasteiger partial charge in [-0.3, -0.25) is 14.5 Å². The van der Waals surface area contributed by atoms with Crippen LogP contribution >= 0.6 is 0 Å². The molecule has 6 nitrogen and oxygen atoms in total. The first-order valence-electron chi connectivity index (χ1n) is 7.78. The monoisotopic (exact) mass is 317 g/mol. The normalized spacial score (nSPS) is 17.6. The summed E-state index contributed by atoms with van der Waals surface area (Å²) in [5.41, 5.74) is 0.998. The van der Waals surface area contributed by atoms with Crippen LogP contribution in [0.25, 0.3) is 0 Å². The first kappa shape index (κ1) is 17.0. The van der Waals surface area contributed by atoms with Gasteiger partial charge in [0.1, 0.15) is 12.6 Å². The zero-order valence-electron chi connectivity index (χ0n) is 13.8. The van der Waals surface area contributed by atoms with E-state index in [2.05, 4.69) is 5.32 Å². The van der Waals surface area contributed by atoms with Crippen LogP contribution in [0.2, 0.25) is 0 Å². The number of likely N-dealkylation sites (N-methyl/N-ethyl adjacent to an activating group) is 1. The molecule has 0 unspecified atom stereocenters. The van der Waals surface area contributed by atoms with E-state index in [0.717, 1.165) is 10.5 Å². The zero-order valence-corrected chi connectivity index (χ0v) is 13.8. The Morgan fingerprint density at radius 1 is 1.26 bits per heavy atom. The molecule has 1 heterocycles. The molecule has 1 saturated heterocycles. The Hall–Kier alpha value is -2.37. The lowest BCUT2D eigenvalue weighted by Crippen LogP contribution is -2.41. The fraction of sp³-hybridized carbons (Fsp3) is 0.471. The second kappa shape index (κ2) is 7.26. The minimum Gasteiger partial charge on any atom is -0.340 e. The van der Waals surface area contributed by atoms with E-state index in [-0.39, 0.29) is 18.4 Å². The average Bonchev–Trinajstić information content (AvgIpc) is 2.75. The fourth-order valence-electron chi connectivity index (χ4n) is 2.56. The minimum absolute atomic E-state index is 0.220. The van der Waals surface area contributed by atoms with Crippen molar-refractivity contribution in [1.82, 2.24) is 15.1 Å². The first-order valence-corrected chi connectivity index (χ1v) is 7.78. The Morgan fingerprint density at radius 3 is 2.52 bits per heavy atom. The Labute approximate surface area is 136 Å². The molecular weight excluding hydrogens is 294 g/mol. The van der Waals surface area contributed by atoms with Gasteiger partial charge in [-0.15, -0.1) is 0 Å². The average molecular weight is 317 g/mol. The van der Waals surface area contributed by atoms with Crippen LogP contribution in [-0.4, -0.2) is 47.3 Å². The molecule has 23 heavy (non-hydrogen) atoms. The molecule has 1 N–H and O–H groups in total. The van der Waals surface area contributed by atoms with Crippen LogP contribution in [0, 0.1) is 5.92 Å². The first-order chi connectivity index (χ1) is 10.9. The summed E-state index contributed by atoms with van der Waals surface area (Å²) in [6, 6.07) is 8.57. The van der Waals surface area contributed by atoms with Gasteiger partial charge in [-0.2, -0.15) is 0 Å². The molecule has 2 rings (SSSR count). The maximum atomic E-state index is 12.3. The lowest BCUT2D eigenvalue weighted by molar-refractivity contribution is -0.137. The van der Waals surface area contributed by atoms with Crippen LogP contribution in [0.4, 0.5) is 4.79 Å². The fourth-order valence-corrected chi connectivity index (χ4v) is 2.56. The van der Waals surface area contributed by atoms with Gasteiger partial charge in [-0.1, -0.05) is 44.2 Å². The van der Waals surface area contributed by atoms with Crippen LogP contribution < -0.4 is 5.32 Å². The van der Waals surface area contributed by atoms with Crippen molar-refractivity contribution >= 4 is 17.8 Å². The molecule has 124 valence electrons. The van der Waals surface area contributed by atoms with E-state index in [9.17, 15) is 14.4 Å². The Balaban J connectivity index is 1.94. The molecule has 4 amide bonds. The SMILES string of the molecule is CC(C)C[C@@H]1NC(=O)N(CC(=O)N(C)Cc2ccccc2)C1=O. The molecule has 0 aliphatic carbocycles. The number of rotatable bonds is 6. The Kier molecular flexibility index (Phi) is 5.36. The third-order valence-corrected chi connectivity index (χ3v) is 3.80. The summed E-state index contributed by atoms with van der Waals surface area (Å²) < 4.78 is 0. The van der Waals surface area contributed by atoms with E-state index >= 15 is 0 Å². The number of imide groups is 1. The molecule has 6 heteroatoms. The van der Waals surface area contributed by atoms with Crippen molar-refractivity contribution in [3.63, 3.8) is 0 Å². The molecule has 0 aromatic heterocycles. The minimum atomic E-state index is -0.519. The second-order valence-corrected chi connectivity index (χ2v) is 6.29. The second-order valence-electron chi connectivity index (χ2n) is 6.29. The van der Waals surface area contributed by atoms with Crippen molar-refractivity contribution in [3.05, 3.63) is 35.9 Å². The molecule has 1 fully saturated rings. The molecule has 1 aliphatic heterocycles. The lowest BCUT2D eigenvalue weighted by atomic mass is 10.0. The van der Waals surface area contributed by atoms with Gasteiger partial charge < -0.3 is 10.2 Å². The summed E-state index contributed by atoms with van der Waals surface area (Å²) in [5, 5.41) is 2.65. The predicted octanol–water partition coefficient (Wildman–Crippen LogP) is 1.61. The summed E-state index contributed by atoms with van der Waals surface area (Å²) in [6.45, 7) is 4.20. The van der Waals surface area contributed by atoms with Crippen molar-refractivity contribution in [3.8, 4) is 0 Å². The predicted molar refractivity (Wildman–Crippen MR) is 86.4 cm³/mol. The molecule has 1 aromatic carbocycles. The van der Waals surface area contributed by atoms with Crippen molar-refractivity contribution < 1.29 is 14.4 Å². The lowest BCUT2D eigenvalue weighted by Gasteiger charge is -2.20. The van der Waals surface area contributed by atoms with E-state index in [1.54, 1.807) is 7.05 Å². The molecule has 0 saturated carbocycles. The van der Waals surface area contributed by atoms with Crippen LogP contribution in [0.1, 0.15) is 25.8 Å². The molecule has 1 aliphatic rings. The van der Waals surface area contributed by atoms with Gasteiger partial charge in [-0.25, -0.2) is 4.79 Å². The number of nitrogens with one attached hydrogen (secondary N) is 1. The summed E-state index contributed by atoms with van der Waals surface area (Å²) in [7, 11) is 1.67. The number of benzene rings is 1. The van der Waals surface area contributed by atoms with Gasteiger partial charge >= 0.3 is 6.03 Å². The maximum absolute atomic E-state index is 12.3. The standard InChI is InChI=1S/C17H23N3O3/c1-12(2)9-14-16(22)20(17(23)18-14)11-15(21)19(3)10-13-7-5-4-6-8-13/h4-8,12,14H,9-11H2,1-3H3,(H,18,23)/t14-/m0/s1. The van der Waals surface area contributed by atoms with Crippen molar-refractivity contribution in [2.45, 2.75) is 32.9 Å². The highest BCUT2D eigenvalue weighted by atomic mass is 16.2. The highest BCUT2D eigenvalue weighted by molar-refractivity contribution is 6.06. The van der Waals surface area contributed by atoms with E-state index in [1.807, 2.05) is 44.2 Å². The topological polar surface area (TPSA) is 69.7 Å². The molecule has 0 radical (unpaired) electrons. The van der Waals surface area contributed by atoms with Crippen LogP contribution in [0.3, 0.4) is 0 Å². The van der Waals surface area contributed by atoms with E-state index in [0.29, 0.717) is 18.9 Å². The quantitative estimate of drug-likeness (QED) is 0.811. The molecule has 0 spiro atoms. The van der Waals surface area contributed by atoms with E-state index < -0.39 is 12.1 Å². The van der Waals surface area contributed by atoms with Gasteiger partial charge in [0.15, 0.2) is 0 Å². The number of amides is 4. The number of carbonyl (C=O) groups is 3. The van der Waals surface area contributed by atoms with E-state index in [1.165, 1.54) is 4.90 Å². The highest BCUT2D eigenvalue weighted by Gasteiger charge is 2.39. The molecule has 1 atom stereocenters. The summed E-state index contributed by atoms with van der Waals surface area (Å²) in [5.74, 6) is -0.284. The van der Waals surface area contributed by atoms with Gasteiger partial charge in [-0.05, 0) is 17.9 Å². The van der Waals surface area contributed by atoms with Gasteiger partial charge in [0.05, 0.1) is 0 Å². The number of nitrogens with zero attached hydrogens (tertiary/aromatic N) is 2. The van der Waals surface area contributed by atoms with Crippen molar-refractivity contribution in [2.75, 3.05) is 13.6 Å². The summed E-state index contributed by atoms with van der Waals surface area (Å²) in [4.78, 5) is 39.0.